The van der Waals surface area contributed by atoms with Crippen LogP contribution in [0.4, 0.5) is 0 Å². The van der Waals surface area contributed by atoms with Crippen molar-refractivity contribution in [2.24, 2.45) is 5.92 Å². The van der Waals surface area contributed by atoms with Crippen molar-refractivity contribution in [3.63, 3.8) is 0 Å². The van der Waals surface area contributed by atoms with Crippen LogP contribution in [0.2, 0.25) is 0 Å². The molecule has 18 heavy (non-hydrogen) atoms. The summed E-state index contributed by atoms with van der Waals surface area (Å²) in [6.07, 6.45) is 3.91. The third-order valence-electron chi connectivity index (χ3n) is 4.01. The van der Waals surface area contributed by atoms with Crippen molar-refractivity contribution in [1.29, 1.82) is 0 Å². The number of nitrogens with zero attached hydrogens (tertiary/aromatic N) is 1. The average molecular weight is 263 g/mol. The minimum Gasteiger partial charge on any atom is -0.302 e. The molecule has 2 rings (SSSR count). The number of benzene rings is 1. The minimum atomic E-state index is 0.744. The molecule has 1 heterocycles. The van der Waals surface area contributed by atoms with Crippen molar-refractivity contribution in [2.75, 3.05) is 25.4 Å². The topological polar surface area (TPSA) is 3.24 Å². The van der Waals surface area contributed by atoms with E-state index in [0.29, 0.717) is 0 Å². The van der Waals surface area contributed by atoms with E-state index in [-0.39, 0.29) is 0 Å². The van der Waals surface area contributed by atoms with Gasteiger partial charge in [0.2, 0.25) is 0 Å². The molecule has 100 valence electrons. The maximum Gasteiger partial charge on any atom is 0.00509 e. The zero-order chi connectivity index (χ0) is 12.8. The van der Waals surface area contributed by atoms with Gasteiger partial charge in [-0.05, 0) is 42.5 Å². The molecule has 1 aliphatic heterocycles. The van der Waals surface area contributed by atoms with Gasteiger partial charge in [0.05, 0.1) is 0 Å². The van der Waals surface area contributed by atoms with Crippen LogP contribution in [0.3, 0.4) is 0 Å². The standard InChI is InChI=1S/C16H25NS/c1-2-6-14(13-18)11-17-10-9-16(12-17)15-7-4-3-5-8-15/h3-5,7-8,14,16,18H,2,6,9-13H2,1H3. The molecular formula is C16H25NS. The maximum atomic E-state index is 4.49. The van der Waals surface area contributed by atoms with Gasteiger partial charge in [-0.2, -0.15) is 12.6 Å². The normalized spacial score (nSPS) is 22.2. The van der Waals surface area contributed by atoms with Crippen molar-refractivity contribution >= 4 is 12.6 Å². The highest BCUT2D eigenvalue weighted by molar-refractivity contribution is 7.80. The van der Waals surface area contributed by atoms with Crippen LogP contribution in [0.5, 0.6) is 0 Å². The first-order chi connectivity index (χ1) is 8.83. The second-order valence-electron chi connectivity index (χ2n) is 5.49. The Hall–Kier alpha value is -0.470. The van der Waals surface area contributed by atoms with Gasteiger partial charge in [-0.3, -0.25) is 0 Å². The lowest BCUT2D eigenvalue weighted by Gasteiger charge is -2.22. The van der Waals surface area contributed by atoms with E-state index in [1.165, 1.54) is 44.5 Å². The van der Waals surface area contributed by atoms with Crippen LogP contribution < -0.4 is 0 Å². The van der Waals surface area contributed by atoms with E-state index in [2.05, 4.69) is 54.8 Å². The first-order valence-corrected chi connectivity index (χ1v) is 7.85. The number of hydrogen-bond acceptors (Lipinski definition) is 2. The lowest BCUT2D eigenvalue weighted by molar-refractivity contribution is 0.279. The summed E-state index contributed by atoms with van der Waals surface area (Å²) in [7, 11) is 0. The fraction of sp³-hybridized carbons (Fsp3) is 0.625. The summed E-state index contributed by atoms with van der Waals surface area (Å²) in [5.41, 5.74) is 1.51. The Bertz CT molecular complexity index is 338. The van der Waals surface area contributed by atoms with E-state index in [0.717, 1.165) is 17.6 Å². The molecule has 0 bridgehead atoms. The van der Waals surface area contributed by atoms with E-state index >= 15 is 0 Å². The molecule has 2 unspecified atom stereocenters. The van der Waals surface area contributed by atoms with E-state index in [1.807, 2.05) is 0 Å². The quantitative estimate of drug-likeness (QED) is 0.764. The smallest absolute Gasteiger partial charge is 0.00509 e. The van der Waals surface area contributed by atoms with E-state index in [1.54, 1.807) is 0 Å². The highest BCUT2D eigenvalue weighted by Gasteiger charge is 2.24. The largest absolute Gasteiger partial charge is 0.302 e. The van der Waals surface area contributed by atoms with Crippen molar-refractivity contribution in [1.82, 2.24) is 4.90 Å². The van der Waals surface area contributed by atoms with Gasteiger partial charge in [0.25, 0.3) is 0 Å². The Labute approximate surface area is 117 Å². The summed E-state index contributed by atoms with van der Waals surface area (Å²) in [4.78, 5) is 2.63. The molecule has 0 aromatic heterocycles. The molecule has 0 amide bonds. The zero-order valence-electron chi connectivity index (χ0n) is 11.4. The van der Waals surface area contributed by atoms with Gasteiger partial charge in [-0.15, -0.1) is 0 Å². The molecule has 1 fully saturated rings. The zero-order valence-corrected chi connectivity index (χ0v) is 12.3. The summed E-state index contributed by atoms with van der Waals surface area (Å²) in [6, 6.07) is 11.0. The summed E-state index contributed by atoms with van der Waals surface area (Å²) in [5, 5.41) is 0. The second-order valence-corrected chi connectivity index (χ2v) is 5.86. The fourth-order valence-corrected chi connectivity index (χ4v) is 3.31. The Kier molecular flexibility index (Phi) is 5.58. The summed E-state index contributed by atoms with van der Waals surface area (Å²) in [5.74, 6) is 2.54. The molecule has 0 N–H and O–H groups in total. The van der Waals surface area contributed by atoms with Gasteiger partial charge in [0.15, 0.2) is 0 Å². The van der Waals surface area contributed by atoms with Gasteiger partial charge in [-0.1, -0.05) is 43.7 Å². The van der Waals surface area contributed by atoms with E-state index in [4.69, 9.17) is 0 Å². The molecule has 1 nitrogen and oxygen atoms in total. The number of thiol groups is 1. The lowest BCUT2D eigenvalue weighted by Crippen LogP contribution is -2.28. The first-order valence-electron chi connectivity index (χ1n) is 7.21. The van der Waals surface area contributed by atoms with Crippen molar-refractivity contribution in [3.8, 4) is 0 Å². The summed E-state index contributed by atoms with van der Waals surface area (Å²) in [6.45, 7) is 6.00. The van der Waals surface area contributed by atoms with Crippen LogP contribution >= 0.6 is 12.6 Å². The van der Waals surface area contributed by atoms with Crippen LogP contribution in [-0.4, -0.2) is 30.3 Å². The maximum absolute atomic E-state index is 4.49. The van der Waals surface area contributed by atoms with E-state index < -0.39 is 0 Å². The number of likely N-dealkylation sites (tertiary alicyclic amines) is 1. The first kappa shape index (κ1) is 14.0. The number of rotatable bonds is 6. The van der Waals surface area contributed by atoms with E-state index in [9.17, 15) is 0 Å². The molecule has 1 saturated heterocycles. The summed E-state index contributed by atoms with van der Waals surface area (Å²) >= 11 is 4.49. The molecule has 1 aromatic rings. The fourth-order valence-electron chi connectivity index (χ4n) is 3.01. The molecule has 2 heteroatoms. The molecule has 0 spiro atoms. The van der Waals surface area contributed by atoms with Gasteiger partial charge >= 0.3 is 0 Å². The van der Waals surface area contributed by atoms with Crippen molar-refractivity contribution in [3.05, 3.63) is 35.9 Å². The van der Waals surface area contributed by atoms with Gasteiger partial charge in [0, 0.05) is 13.1 Å². The predicted molar refractivity (Wildman–Crippen MR) is 82.5 cm³/mol. The van der Waals surface area contributed by atoms with Crippen LogP contribution in [-0.2, 0) is 0 Å². The molecule has 0 radical (unpaired) electrons. The predicted octanol–water partition coefficient (Wildman–Crippen LogP) is 3.82. The van der Waals surface area contributed by atoms with Crippen LogP contribution in [0.1, 0.15) is 37.7 Å². The monoisotopic (exact) mass is 263 g/mol. The lowest BCUT2D eigenvalue weighted by atomic mass is 9.99. The van der Waals surface area contributed by atoms with Crippen molar-refractivity contribution < 1.29 is 0 Å². The Morgan fingerprint density at radius 1 is 1.33 bits per heavy atom. The average Bonchev–Trinajstić information content (AvgIpc) is 2.88. The Balaban J connectivity index is 1.85. The molecule has 2 atom stereocenters. The summed E-state index contributed by atoms with van der Waals surface area (Å²) < 4.78 is 0. The minimum absolute atomic E-state index is 0.744. The SMILES string of the molecule is CCCC(CS)CN1CCC(c2ccccc2)C1. The van der Waals surface area contributed by atoms with Gasteiger partial charge in [0.1, 0.15) is 0 Å². The highest BCUT2D eigenvalue weighted by Crippen LogP contribution is 2.27. The Morgan fingerprint density at radius 3 is 2.78 bits per heavy atom. The Morgan fingerprint density at radius 2 is 2.11 bits per heavy atom. The second kappa shape index (κ2) is 7.20. The third-order valence-corrected chi connectivity index (χ3v) is 4.53. The number of hydrogen-bond donors (Lipinski definition) is 1. The van der Waals surface area contributed by atoms with Crippen LogP contribution in [0, 0.1) is 5.92 Å². The molecule has 0 saturated carbocycles. The molecule has 1 aromatic carbocycles. The molecule has 1 aliphatic rings. The highest BCUT2D eigenvalue weighted by atomic mass is 32.1. The van der Waals surface area contributed by atoms with Crippen LogP contribution in [0.15, 0.2) is 30.3 Å². The third kappa shape index (κ3) is 3.76. The van der Waals surface area contributed by atoms with Gasteiger partial charge < -0.3 is 4.90 Å². The van der Waals surface area contributed by atoms with Gasteiger partial charge in [-0.25, -0.2) is 0 Å². The molecule has 0 aliphatic carbocycles. The molecular weight excluding hydrogens is 238 g/mol. The van der Waals surface area contributed by atoms with Crippen molar-refractivity contribution in [2.45, 2.75) is 32.1 Å². The van der Waals surface area contributed by atoms with Crippen LogP contribution in [0.25, 0.3) is 0 Å².